The van der Waals surface area contributed by atoms with Gasteiger partial charge in [-0.3, -0.25) is 9.69 Å². The van der Waals surface area contributed by atoms with E-state index in [0.29, 0.717) is 12.3 Å². The van der Waals surface area contributed by atoms with Gasteiger partial charge in [-0.25, -0.2) is 0 Å². The van der Waals surface area contributed by atoms with Crippen molar-refractivity contribution in [3.05, 3.63) is 30.3 Å². The molecule has 5 atom stereocenters. The summed E-state index contributed by atoms with van der Waals surface area (Å²) in [6.45, 7) is 12.1. The van der Waals surface area contributed by atoms with Crippen LogP contribution in [0.2, 0.25) is 0 Å². The van der Waals surface area contributed by atoms with E-state index in [1.165, 1.54) is 25.7 Å². The van der Waals surface area contributed by atoms with Gasteiger partial charge in [0, 0.05) is 35.3 Å². The molecule has 1 heterocycles. The van der Waals surface area contributed by atoms with Crippen LogP contribution in [0.3, 0.4) is 0 Å². The van der Waals surface area contributed by atoms with Gasteiger partial charge in [0.15, 0.2) is 0 Å². The number of amides is 1. The standard InChI is InChI=1S/C26H43N3O2S/c1-24(2,3)28-23(31)21-15-25(4)13-9-10-14-26(25,5)18-29(21)16-22(30)20(27)17-32-19-11-7-6-8-12-19/h6-8,11-12,20-22,30H,9-10,13-18,27H2,1-5H3,(H,28,31)/t20-,21-,22+,25-,26+/m0/s1. The zero-order valence-corrected chi connectivity index (χ0v) is 21.4. The Morgan fingerprint density at radius 2 is 1.84 bits per heavy atom. The minimum absolute atomic E-state index is 0.0748. The number of piperidine rings is 1. The van der Waals surface area contributed by atoms with Gasteiger partial charge >= 0.3 is 0 Å². The highest BCUT2D eigenvalue weighted by molar-refractivity contribution is 7.99. The zero-order chi connectivity index (χ0) is 23.6. The van der Waals surface area contributed by atoms with E-state index < -0.39 is 6.10 Å². The number of nitrogens with one attached hydrogen (secondary N) is 1. The molecule has 0 radical (unpaired) electrons. The van der Waals surface area contributed by atoms with Crippen molar-refractivity contribution in [2.45, 2.75) is 95.3 Å². The van der Waals surface area contributed by atoms with E-state index >= 15 is 0 Å². The number of aliphatic hydroxyl groups is 1. The van der Waals surface area contributed by atoms with Crippen LogP contribution in [0, 0.1) is 10.8 Å². The highest BCUT2D eigenvalue weighted by Gasteiger charge is 2.54. The fourth-order valence-electron chi connectivity index (χ4n) is 5.47. The van der Waals surface area contributed by atoms with Crippen LogP contribution in [0.15, 0.2) is 35.2 Å². The number of aliphatic hydroxyl groups excluding tert-OH is 1. The Kier molecular flexibility index (Phi) is 8.01. The van der Waals surface area contributed by atoms with Crippen molar-refractivity contribution in [3.63, 3.8) is 0 Å². The minimum Gasteiger partial charge on any atom is -0.390 e. The first-order valence-corrected chi connectivity index (χ1v) is 13.1. The lowest BCUT2D eigenvalue weighted by molar-refractivity contribution is -0.144. The Labute approximate surface area is 198 Å². The second kappa shape index (κ2) is 10.0. The fourth-order valence-corrected chi connectivity index (χ4v) is 6.42. The van der Waals surface area contributed by atoms with Crippen molar-refractivity contribution >= 4 is 17.7 Å². The number of hydrogen-bond acceptors (Lipinski definition) is 5. The maximum atomic E-state index is 13.3. The smallest absolute Gasteiger partial charge is 0.237 e. The molecular weight excluding hydrogens is 418 g/mol. The van der Waals surface area contributed by atoms with Gasteiger partial charge in [0.1, 0.15) is 0 Å². The van der Waals surface area contributed by atoms with Crippen LogP contribution in [0.4, 0.5) is 0 Å². The maximum Gasteiger partial charge on any atom is 0.237 e. The molecule has 1 saturated carbocycles. The monoisotopic (exact) mass is 461 g/mol. The summed E-state index contributed by atoms with van der Waals surface area (Å²) in [5, 5.41) is 14.2. The number of nitrogens with zero attached hydrogens (tertiary/aromatic N) is 1. The third-order valence-electron chi connectivity index (χ3n) is 7.70. The SMILES string of the molecule is CC(C)(C)NC(=O)[C@@H]1C[C@]2(C)CCCC[C@]2(C)CN1C[C@@H](O)[C@@H](N)CSc1ccccc1. The average molecular weight is 462 g/mol. The molecule has 1 aromatic carbocycles. The second-order valence-electron chi connectivity index (χ2n) is 11.6. The Bertz CT molecular complexity index is 768. The van der Waals surface area contributed by atoms with Crippen molar-refractivity contribution < 1.29 is 9.90 Å². The summed E-state index contributed by atoms with van der Waals surface area (Å²) in [5.41, 5.74) is 6.43. The molecule has 180 valence electrons. The molecule has 1 amide bonds. The number of benzene rings is 1. The molecule has 4 N–H and O–H groups in total. The highest BCUT2D eigenvalue weighted by Crippen LogP contribution is 2.56. The Morgan fingerprint density at radius 1 is 1.22 bits per heavy atom. The van der Waals surface area contributed by atoms with E-state index in [-0.39, 0.29) is 34.4 Å². The molecule has 2 aliphatic rings. The van der Waals surface area contributed by atoms with Crippen LogP contribution in [-0.4, -0.2) is 58.5 Å². The molecule has 0 unspecified atom stereocenters. The summed E-state index contributed by atoms with van der Waals surface area (Å²) in [7, 11) is 0. The molecule has 32 heavy (non-hydrogen) atoms. The van der Waals surface area contributed by atoms with Gasteiger partial charge < -0.3 is 16.2 Å². The summed E-state index contributed by atoms with van der Waals surface area (Å²) >= 11 is 1.67. The van der Waals surface area contributed by atoms with Crippen molar-refractivity contribution in [2.75, 3.05) is 18.8 Å². The molecular formula is C26H43N3O2S. The topological polar surface area (TPSA) is 78.6 Å². The molecule has 0 aromatic heterocycles. The summed E-state index contributed by atoms with van der Waals surface area (Å²) in [6, 6.07) is 9.57. The number of rotatable bonds is 7. The fraction of sp³-hybridized carbons (Fsp3) is 0.731. The van der Waals surface area contributed by atoms with Crippen LogP contribution in [0.25, 0.3) is 0 Å². The van der Waals surface area contributed by atoms with Gasteiger partial charge in [-0.05, 0) is 63.0 Å². The summed E-state index contributed by atoms with van der Waals surface area (Å²) < 4.78 is 0. The van der Waals surface area contributed by atoms with Gasteiger partial charge in [0.25, 0.3) is 0 Å². The van der Waals surface area contributed by atoms with E-state index in [1.807, 2.05) is 39.0 Å². The Balaban J connectivity index is 1.72. The first kappa shape index (κ1) is 25.5. The number of hydrogen-bond donors (Lipinski definition) is 3. The third-order valence-corrected chi connectivity index (χ3v) is 8.86. The highest BCUT2D eigenvalue weighted by atomic mass is 32.2. The molecule has 5 nitrogen and oxygen atoms in total. The number of fused-ring (bicyclic) bond motifs is 1. The van der Waals surface area contributed by atoms with Crippen LogP contribution in [0.5, 0.6) is 0 Å². The average Bonchev–Trinajstić information content (AvgIpc) is 2.71. The number of thioether (sulfide) groups is 1. The molecule has 0 bridgehead atoms. The van der Waals surface area contributed by atoms with Gasteiger partial charge in [0.05, 0.1) is 12.1 Å². The number of carbonyl (C=O) groups excluding carboxylic acids is 1. The van der Waals surface area contributed by atoms with E-state index in [4.69, 9.17) is 5.73 Å². The van der Waals surface area contributed by atoms with E-state index in [9.17, 15) is 9.90 Å². The van der Waals surface area contributed by atoms with E-state index in [1.54, 1.807) is 11.8 Å². The Morgan fingerprint density at radius 3 is 2.47 bits per heavy atom. The predicted octanol–water partition coefficient (Wildman–Crippen LogP) is 4.04. The molecule has 3 rings (SSSR count). The molecule has 6 heteroatoms. The lowest BCUT2D eigenvalue weighted by atomic mass is 9.53. The molecule has 1 aromatic rings. The van der Waals surface area contributed by atoms with Crippen molar-refractivity contribution in [3.8, 4) is 0 Å². The van der Waals surface area contributed by atoms with E-state index in [2.05, 4.69) is 36.2 Å². The summed E-state index contributed by atoms with van der Waals surface area (Å²) in [6.07, 6.45) is 5.00. The second-order valence-corrected chi connectivity index (χ2v) is 12.7. The van der Waals surface area contributed by atoms with Crippen molar-refractivity contribution in [1.29, 1.82) is 0 Å². The van der Waals surface area contributed by atoms with Crippen LogP contribution >= 0.6 is 11.8 Å². The van der Waals surface area contributed by atoms with Crippen molar-refractivity contribution in [1.82, 2.24) is 10.2 Å². The van der Waals surface area contributed by atoms with Crippen LogP contribution < -0.4 is 11.1 Å². The predicted molar refractivity (Wildman–Crippen MR) is 134 cm³/mol. The van der Waals surface area contributed by atoms with Gasteiger partial charge in [0.2, 0.25) is 5.91 Å². The molecule has 1 aliphatic carbocycles. The first-order chi connectivity index (χ1) is 14.9. The van der Waals surface area contributed by atoms with E-state index in [0.717, 1.165) is 17.9 Å². The normalized spacial score (nSPS) is 30.9. The third kappa shape index (κ3) is 6.07. The van der Waals surface area contributed by atoms with Crippen LogP contribution in [0.1, 0.15) is 66.7 Å². The summed E-state index contributed by atoms with van der Waals surface area (Å²) in [5.74, 6) is 0.720. The minimum atomic E-state index is -0.673. The maximum absolute atomic E-state index is 13.3. The number of likely N-dealkylation sites (tertiary alicyclic amines) is 1. The van der Waals surface area contributed by atoms with Crippen LogP contribution in [-0.2, 0) is 4.79 Å². The lowest BCUT2D eigenvalue weighted by Crippen LogP contribution is -2.64. The Hall–Kier alpha value is -1.08. The summed E-state index contributed by atoms with van der Waals surface area (Å²) in [4.78, 5) is 16.7. The molecule has 0 spiro atoms. The van der Waals surface area contributed by atoms with Gasteiger partial charge in [-0.2, -0.15) is 0 Å². The van der Waals surface area contributed by atoms with Gasteiger partial charge in [-0.15, -0.1) is 11.8 Å². The lowest BCUT2D eigenvalue weighted by Gasteiger charge is -2.59. The number of nitrogens with two attached hydrogens (primary N) is 1. The number of carbonyl (C=O) groups is 1. The quantitative estimate of drug-likeness (QED) is 0.534. The number of β-amino-alcohol motifs (C(OH)–C–C–N with tert-alkyl or cyclic N) is 1. The molecule has 1 saturated heterocycles. The molecule has 2 fully saturated rings. The first-order valence-electron chi connectivity index (χ1n) is 12.1. The van der Waals surface area contributed by atoms with Gasteiger partial charge in [-0.1, -0.05) is 44.9 Å². The zero-order valence-electron chi connectivity index (χ0n) is 20.6. The molecule has 1 aliphatic heterocycles. The van der Waals surface area contributed by atoms with Crippen molar-refractivity contribution in [2.24, 2.45) is 16.6 Å². The largest absolute Gasteiger partial charge is 0.390 e.